The third-order valence-corrected chi connectivity index (χ3v) is 4.90. The van der Waals surface area contributed by atoms with E-state index in [1.165, 1.54) is 0 Å². The zero-order valence-electron chi connectivity index (χ0n) is 14.0. The van der Waals surface area contributed by atoms with Crippen molar-refractivity contribution < 1.29 is 4.79 Å². The average molecular weight is 366 g/mol. The Morgan fingerprint density at radius 2 is 2.21 bits per heavy atom. The Labute approximate surface area is 150 Å². The quantitative estimate of drug-likeness (QED) is 0.838. The van der Waals surface area contributed by atoms with Gasteiger partial charge < -0.3 is 10.2 Å². The van der Waals surface area contributed by atoms with E-state index < -0.39 is 0 Å². The van der Waals surface area contributed by atoms with Gasteiger partial charge >= 0.3 is 0 Å². The average Bonchev–Trinajstić information content (AvgIpc) is 2.86. The van der Waals surface area contributed by atoms with Crippen LogP contribution in [0, 0.1) is 12.8 Å². The maximum atomic E-state index is 12.3. The van der Waals surface area contributed by atoms with Crippen LogP contribution in [0.2, 0.25) is 5.15 Å². The summed E-state index contributed by atoms with van der Waals surface area (Å²) in [4.78, 5) is 28.3. The highest BCUT2D eigenvalue weighted by molar-refractivity contribution is 7.15. The molecule has 0 bridgehead atoms. The number of nitrogens with zero attached hydrogens (tertiary/aromatic N) is 4. The number of carbonyl (C=O) groups is 1. The van der Waals surface area contributed by atoms with Gasteiger partial charge in [0.1, 0.15) is 16.8 Å². The van der Waals surface area contributed by atoms with E-state index in [4.69, 9.17) is 11.6 Å². The van der Waals surface area contributed by atoms with Crippen molar-refractivity contribution in [3.05, 3.63) is 27.6 Å². The number of nitrogens with one attached hydrogen (secondary N) is 1. The van der Waals surface area contributed by atoms with Crippen molar-refractivity contribution in [2.45, 2.75) is 40.2 Å². The van der Waals surface area contributed by atoms with Gasteiger partial charge in [-0.05, 0) is 12.8 Å². The zero-order valence-corrected chi connectivity index (χ0v) is 15.5. The fraction of sp³-hybridized carbons (Fsp3) is 0.500. The molecule has 3 rings (SSSR count). The summed E-state index contributed by atoms with van der Waals surface area (Å²) in [6.07, 6.45) is 1.39. The van der Waals surface area contributed by atoms with Crippen LogP contribution >= 0.6 is 22.9 Å². The standard InChI is InChI=1S/C16H20ClN5OS/c1-9(2)6-15(23)22-5-4-11-12(8-22)24-16(20-11)21-14-7-13(17)18-10(3)19-14/h7,9H,4-6,8H2,1-3H3,(H,18,19,20,21). The highest BCUT2D eigenvalue weighted by Crippen LogP contribution is 2.30. The second kappa shape index (κ2) is 7.03. The molecule has 0 aliphatic carbocycles. The minimum absolute atomic E-state index is 0.219. The Kier molecular flexibility index (Phi) is 5.01. The van der Waals surface area contributed by atoms with Gasteiger partial charge in [0.2, 0.25) is 5.91 Å². The summed E-state index contributed by atoms with van der Waals surface area (Å²) in [6.45, 7) is 7.31. The molecule has 1 aliphatic rings. The van der Waals surface area contributed by atoms with Crippen LogP contribution in [0.15, 0.2) is 6.07 Å². The van der Waals surface area contributed by atoms with E-state index in [9.17, 15) is 4.79 Å². The largest absolute Gasteiger partial charge is 0.337 e. The Morgan fingerprint density at radius 1 is 1.42 bits per heavy atom. The van der Waals surface area contributed by atoms with E-state index in [2.05, 4.69) is 34.1 Å². The Hall–Kier alpha value is -1.73. The van der Waals surface area contributed by atoms with Gasteiger partial charge in [0, 0.05) is 30.3 Å². The summed E-state index contributed by atoms with van der Waals surface area (Å²) in [5.74, 6) is 1.84. The van der Waals surface area contributed by atoms with Gasteiger partial charge in [0.25, 0.3) is 0 Å². The SMILES string of the molecule is Cc1nc(Cl)cc(Nc2nc3c(s2)CN(C(=O)CC(C)C)CC3)n1. The fourth-order valence-electron chi connectivity index (χ4n) is 2.65. The number of anilines is 2. The first-order chi connectivity index (χ1) is 11.4. The summed E-state index contributed by atoms with van der Waals surface area (Å²) < 4.78 is 0. The fourth-order valence-corrected chi connectivity index (χ4v) is 3.90. The Morgan fingerprint density at radius 3 is 2.92 bits per heavy atom. The van der Waals surface area contributed by atoms with Crippen molar-refractivity contribution in [3.63, 3.8) is 0 Å². The molecule has 1 aliphatic heterocycles. The van der Waals surface area contributed by atoms with Crippen LogP contribution in [0.1, 0.15) is 36.7 Å². The smallest absolute Gasteiger partial charge is 0.223 e. The molecule has 8 heteroatoms. The third-order valence-electron chi connectivity index (χ3n) is 3.71. The van der Waals surface area contributed by atoms with Crippen molar-refractivity contribution in [1.29, 1.82) is 0 Å². The molecular weight excluding hydrogens is 346 g/mol. The van der Waals surface area contributed by atoms with Gasteiger partial charge in [-0.3, -0.25) is 4.79 Å². The number of aromatic nitrogens is 3. The first kappa shape index (κ1) is 17.1. The zero-order chi connectivity index (χ0) is 17.3. The second-order valence-corrected chi connectivity index (χ2v) is 7.77. The second-order valence-electron chi connectivity index (χ2n) is 6.30. The third kappa shape index (κ3) is 4.02. The first-order valence-electron chi connectivity index (χ1n) is 7.95. The van der Waals surface area contributed by atoms with Crippen molar-refractivity contribution in [1.82, 2.24) is 19.9 Å². The number of hydrogen-bond acceptors (Lipinski definition) is 6. The lowest BCUT2D eigenvalue weighted by atomic mass is 10.1. The van der Waals surface area contributed by atoms with Crippen LogP contribution in [0.3, 0.4) is 0 Å². The first-order valence-corrected chi connectivity index (χ1v) is 9.14. The summed E-state index contributed by atoms with van der Waals surface area (Å²) in [5.41, 5.74) is 1.06. The van der Waals surface area contributed by atoms with Crippen LogP contribution in [0.25, 0.3) is 0 Å². The van der Waals surface area contributed by atoms with Crippen molar-refractivity contribution in [2.75, 3.05) is 11.9 Å². The monoisotopic (exact) mass is 365 g/mol. The van der Waals surface area contributed by atoms with Crippen molar-refractivity contribution >= 4 is 39.8 Å². The number of thiazole rings is 1. The number of hydrogen-bond donors (Lipinski definition) is 1. The number of fused-ring (bicyclic) bond motifs is 1. The van der Waals surface area contributed by atoms with Gasteiger partial charge in [-0.1, -0.05) is 36.8 Å². The van der Waals surface area contributed by atoms with E-state index in [1.54, 1.807) is 24.3 Å². The topological polar surface area (TPSA) is 71.0 Å². The lowest BCUT2D eigenvalue weighted by Gasteiger charge is -2.26. The molecule has 1 amide bonds. The van der Waals surface area contributed by atoms with E-state index >= 15 is 0 Å². The molecule has 0 saturated carbocycles. The Balaban J connectivity index is 1.72. The van der Waals surface area contributed by atoms with Crippen LogP contribution in [-0.2, 0) is 17.8 Å². The lowest BCUT2D eigenvalue weighted by Crippen LogP contribution is -2.36. The normalized spacial score (nSPS) is 14.0. The highest BCUT2D eigenvalue weighted by Gasteiger charge is 2.24. The molecule has 0 aromatic carbocycles. The molecule has 6 nitrogen and oxygen atoms in total. The van der Waals surface area contributed by atoms with Crippen molar-refractivity contribution in [3.8, 4) is 0 Å². The van der Waals surface area contributed by atoms with Crippen LogP contribution in [-0.4, -0.2) is 32.3 Å². The van der Waals surface area contributed by atoms with E-state index in [-0.39, 0.29) is 5.91 Å². The predicted molar refractivity (Wildman–Crippen MR) is 95.8 cm³/mol. The molecule has 1 N–H and O–H groups in total. The molecule has 0 atom stereocenters. The number of rotatable bonds is 4. The minimum Gasteiger partial charge on any atom is -0.337 e. The molecule has 0 unspecified atom stereocenters. The van der Waals surface area contributed by atoms with Gasteiger partial charge in [0.05, 0.1) is 12.2 Å². The number of aryl methyl sites for hydroxylation is 1. The molecule has 0 spiro atoms. The van der Waals surface area contributed by atoms with Gasteiger partial charge in [-0.2, -0.15) is 0 Å². The van der Waals surface area contributed by atoms with Crippen LogP contribution < -0.4 is 5.32 Å². The van der Waals surface area contributed by atoms with Crippen LogP contribution in [0.5, 0.6) is 0 Å². The minimum atomic E-state index is 0.219. The predicted octanol–water partition coefficient (Wildman–Crippen LogP) is 3.57. The van der Waals surface area contributed by atoms with Crippen LogP contribution in [0.4, 0.5) is 10.9 Å². The molecule has 0 fully saturated rings. The molecule has 24 heavy (non-hydrogen) atoms. The molecule has 0 radical (unpaired) electrons. The summed E-state index contributed by atoms with van der Waals surface area (Å²) in [6, 6.07) is 1.67. The summed E-state index contributed by atoms with van der Waals surface area (Å²) >= 11 is 7.52. The number of carbonyl (C=O) groups excluding carboxylic acids is 1. The molecular formula is C16H20ClN5OS. The molecule has 2 aromatic heterocycles. The molecule has 0 saturated heterocycles. The van der Waals surface area contributed by atoms with Gasteiger partial charge in [-0.25, -0.2) is 15.0 Å². The molecule has 3 heterocycles. The molecule has 128 valence electrons. The van der Waals surface area contributed by atoms with Gasteiger partial charge in [-0.15, -0.1) is 0 Å². The summed E-state index contributed by atoms with van der Waals surface area (Å²) in [7, 11) is 0. The Bertz CT molecular complexity index is 741. The van der Waals surface area contributed by atoms with E-state index in [0.29, 0.717) is 35.7 Å². The maximum absolute atomic E-state index is 12.3. The molecule has 2 aromatic rings. The van der Waals surface area contributed by atoms with E-state index in [0.717, 1.165) is 28.7 Å². The summed E-state index contributed by atoms with van der Waals surface area (Å²) in [5, 5.41) is 4.36. The lowest BCUT2D eigenvalue weighted by molar-refractivity contribution is -0.132. The maximum Gasteiger partial charge on any atom is 0.223 e. The highest BCUT2D eigenvalue weighted by atomic mass is 35.5. The number of amides is 1. The van der Waals surface area contributed by atoms with Gasteiger partial charge in [0.15, 0.2) is 5.13 Å². The number of halogens is 1. The van der Waals surface area contributed by atoms with Crippen molar-refractivity contribution in [2.24, 2.45) is 5.92 Å². The van der Waals surface area contributed by atoms with E-state index in [1.807, 2.05) is 4.90 Å².